The first kappa shape index (κ1) is 24.0. The quantitative estimate of drug-likeness (QED) is 0.261. The maximum Gasteiger partial charge on any atom is 0.180 e. The van der Waals surface area contributed by atoms with E-state index in [1.165, 1.54) is 69.8 Å². The SMILES string of the molecule is C/C=C/CCCO[C@@H]1CO[C@@H](c2ccc(C34CCC(CCCCC)(CC3)CC4)cc2)CO1. The molecule has 0 spiro atoms. The molecule has 2 atom stereocenters. The molecule has 1 aliphatic heterocycles. The zero-order valence-corrected chi connectivity index (χ0v) is 20.5. The van der Waals surface area contributed by atoms with Gasteiger partial charge in [0, 0.05) is 0 Å². The lowest BCUT2D eigenvalue weighted by Gasteiger charge is -2.54. The second-order valence-electron chi connectivity index (χ2n) is 10.5. The Morgan fingerprint density at radius 2 is 1.69 bits per heavy atom. The van der Waals surface area contributed by atoms with Crippen LogP contribution in [0.15, 0.2) is 36.4 Å². The number of benzene rings is 1. The Balaban J connectivity index is 1.25. The lowest BCUT2D eigenvalue weighted by Crippen LogP contribution is -2.44. The summed E-state index contributed by atoms with van der Waals surface area (Å²) in [7, 11) is 0. The predicted octanol–water partition coefficient (Wildman–Crippen LogP) is 7.65. The maximum absolute atomic E-state index is 6.10. The van der Waals surface area contributed by atoms with Gasteiger partial charge in [0.15, 0.2) is 6.29 Å². The molecule has 3 aliphatic carbocycles. The topological polar surface area (TPSA) is 27.7 Å². The predicted molar refractivity (Wildman–Crippen MR) is 131 cm³/mol. The van der Waals surface area contributed by atoms with Crippen LogP contribution in [0.5, 0.6) is 0 Å². The van der Waals surface area contributed by atoms with Crippen LogP contribution in [0.25, 0.3) is 0 Å². The third-order valence-electron chi connectivity index (χ3n) is 8.53. The fraction of sp³-hybridized carbons (Fsp3) is 0.724. The number of fused-ring (bicyclic) bond motifs is 3. The van der Waals surface area contributed by atoms with Crippen molar-refractivity contribution in [2.75, 3.05) is 19.8 Å². The molecule has 3 nitrogen and oxygen atoms in total. The van der Waals surface area contributed by atoms with Gasteiger partial charge in [-0.15, -0.1) is 0 Å². The van der Waals surface area contributed by atoms with E-state index in [0.29, 0.717) is 24.0 Å². The minimum absolute atomic E-state index is 0.0216. The van der Waals surface area contributed by atoms with Crippen molar-refractivity contribution in [1.29, 1.82) is 0 Å². The Hall–Kier alpha value is -1.16. The van der Waals surface area contributed by atoms with Gasteiger partial charge in [0.25, 0.3) is 0 Å². The van der Waals surface area contributed by atoms with Crippen LogP contribution >= 0.6 is 0 Å². The van der Waals surface area contributed by atoms with Gasteiger partial charge in [-0.2, -0.15) is 0 Å². The van der Waals surface area contributed by atoms with Crippen LogP contribution in [0.2, 0.25) is 0 Å². The first-order valence-corrected chi connectivity index (χ1v) is 13.3. The summed E-state index contributed by atoms with van der Waals surface area (Å²) in [5.41, 5.74) is 3.90. The number of unbranched alkanes of at least 4 members (excludes halogenated alkanes) is 3. The molecule has 4 aliphatic rings. The molecule has 0 radical (unpaired) electrons. The highest BCUT2D eigenvalue weighted by molar-refractivity contribution is 5.32. The summed E-state index contributed by atoms with van der Waals surface area (Å²) >= 11 is 0. The monoisotopic (exact) mass is 440 g/mol. The van der Waals surface area contributed by atoms with Crippen molar-refractivity contribution >= 4 is 0 Å². The summed E-state index contributed by atoms with van der Waals surface area (Å²) in [4.78, 5) is 0. The lowest BCUT2D eigenvalue weighted by atomic mass is 9.51. The van der Waals surface area contributed by atoms with Gasteiger partial charge in [-0.1, -0.05) is 62.6 Å². The van der Waals surface area contributed by atoms with Crippen LogP contribution in [0.3, 0.4) is 0 Å². The van der Waals surface area contributed by atoms with Crippen LogP contribution < -0.4 is 0 Å². The average Bonchev–Trinajstić information content (AvgIpc) is 2.86. The number of allylic oxidation sites excluding steroid dienone is 2. The highest BCUT2D eigenvalue weighted by atomic mass is 16.7. The van der Waals surface area contributed by atoms with Gasteiger partial charge in [-0.3, -0.25) is 0 Å². The van der Waals surface area contributed by atoms with Crippen LogP contribution in [0.1, 0.15) is 108 Å². The van der Waals surface area contributed by atoms with Gasteiger partial charge in [0.2, 0.25) is 0 Å². The molecule has 32 heavy (non-hydrogen) atoms. The molecule has 1 aromatic rings. The highest BCUT2D eigenvalue weighted by Crippen LogP contribution is 2.59. The fourth-order valence-corrected chi connectivity index (χ4v) is 6.23. The zero-order chi connectivity index (χ0) is 22.3. The lowest BCUT2D eigenvalue weighted by molar-refractivity contribution is -0.236. The highest BCUT2D eigenvalue weighted by Gasteiger charge is 2.48. The molecule has 0 amide bonds. The van der Waals surface area contributed by atoms with Gasteiger partial charge < -0.3 is 14.2 Å². The third-order valence-corrected chi connectivity index (χ3v) is 8.53. The van der Waals surface area contributed by atoms with E-state index in [1.54, 1.807) is 5.56 Å². The molecule has 4 fully saturated rings. The number of ether oxygens (including phenoxy) is 3. The van der Waals surface area contributed by atoms with Crippen LogP contribution in [0.4, 0.5) is 0 Å². The largest absolute Gasteiger partial charge is 0.366 e. The molecule has 0 N–H and O–H groups in total. The van der Waals surface area contributed by atoms with Crippen molar-refractivity contribution in [1.82, 2.24) is 0 Å². The first-order valence-electron chi connectivity index (χ1n) is 13.3. The normalized spacial score (nSPS) is 32.6. The molecule has 2 bridgehead atoms. The standard InChI is InChI=1S/C29H44O3/c1-3-5-7-9-21-30-27-23-31-26(22-32-27)24-10-12-25(13-11-24)29-18-15-28(16-19-29,17-20-29)14-8-6-4-2/h3,5,10-13,26-27H,4,6-9,14-23H2,1-2H3/b5-3+/t26-,27+,28?,29?/m1/s1. The smallest absolute Gasteiger partial charge is 0.180 e. The number of rotatable bonds is 11. The van der Waals surface area contributed by atoms with E-state index < -0.39 is 0 Å². The zero-order valence-electron chi connectivity index (χ0n) is 20.5. The van der Waals surface area contributed by atoms with E-state index >= 15 is 0 Å². The fourth-order valence-electron chi connectivity index (χ4n) is 6.23. The van der Waals surface area contributed by atoms with Crippen molar-refractivity contribution in [2.24, 2.45) is 5.41 Å². The Morgan fingerprint density at radius 1 is 0.938 bits per heavy atom. The van der Waals surface area contributed by atoms with E-state index in [1.807, 2.05) is 0 Å². The molecular formula is C29H44O3. The molecule has 0 unspecified atom stereocenters. The van der Waals surface area contributed by atoms with Crippen molar-refractivity contribution in [2.45, 2.75) is 109 Å². The Bertz CT molecular complexity index is 690. The summed E-state index contributed by atoms with van der Waals surface area (Å²) in [5.74, 6) is 0. The summed E-state index contributed by atoms with van der Waals surface area (Å²) in [5, 5.41) is 0. The van der Waals surface area contributed by atoms with Gasteiger partial charge >= 0.3 is 0 Å². The second-order valence-corrected chi connectivity index (χ2v) is 10.5. The third kappa shape index (κ3) is 5.66. The van der Waals surface area contributed by atoms with Crippen molar-refractivity contribution in [3.63, 3.8) is 0 Å². The number of hydrogen-bond donors (Lipinski definition) is 0. The summed E-state index contributed by atoms with van der Waals surface area (Å²) < 4.78 is 17.8. The van der Waals surface area contributed by atoms with Crippen LogP contribution in [0, 0.1) is 5.41 Å². The molecule has 0 aromatic heterocycles. The minimum atomic E-state index is -0.225. The van der Waals surface area contributed by atoms with E-state index in [9.17, 15) is 0 Å². The Morgan fingerprint density at radius 3 is 2.31 bits per heavy atom. The van der Waals surface area contributed by atoms with Gasteiger partial charge in [-0.05, 0) is 86.7 Å². The molecule has 3 saturated carbocycles. The van der Waals surface area contributed by atoms with Crippen molar-refractivity contribution < 1.29 is 14.2 Å². The van der Waals surface area contributed by atoms with E-state index in [2.05, 4.69) is 50.3 Å². The van der Waals surface area contributed by atoms with E-state index in [-0.39, 0.29) is 12.4 Å². The second kappa shape index (κ2) is 11.3. The minimum Gasteiger partial charge on any atom is -0.366 e. The Labute approximate surface area is 195 Å². The van der Waals surface area contributed by atoms with E-state index in [0.717, 1.165) is 19.4 Å². The van der Waals surface area contributed by atoms with Crippen LogP contribution in [-0.2, 0) is 19.6 Å². The molecule has 3 heteroatoms. The summed E-state index contributed by atoms with van der Waals surface area (Å²) in [6, 6.07) is 9.35. The molecule has 5 rings (SSSR count). The number of hydrogen-bond acceptors (Lipinski definition) is 3. The first-order chi connectivity index (χ1) is 15.7. The molecule has 1 aromatic carbocycles. The van der Waals surface area contributed by atoms with Crippen molar-refractivity contribution in [3.05, 3.63) is 47.5 Å². The molecule has 1 saturated heterocycles. The van der Waals surface area contributed by atoms with Gasteiger partial charge in [0.1, 0.15) is 6.10 Å². The van der Waals surface area contributed by atoms with E-state index in [4.69, 9.17) is 14.2 Å². The molecule has 178 valence electrons. The van der Waals surface area contributed by atoms with Gasteiger partial charge in [0.05, 0.1) is 19.8 Å². The van der Waals surface area contributed by atoms with Crippen molar-refractivity contribution in [3.8, 4) is 0 Å². The summed E-state index contributed by atoms with van der Waals surface area (Å²) in [6.07, 6.45) is 20.2. The molecular weight excluding hydrogens is 396 g/mol. The van der Waals surface area contributed by atoms with Crippen LogP contribution in [-0.4, -0.2) is 26.1 Å². The van der Waals surface area contributed by atoms with Gasteiger partial charge in [-0.25, -0.2) is 0 Å². The average molecular weight is 441 g/mol. The Kier molecular flexibility index (Phi) is 8.48. The molecule has 1 heterocycles. The maximum atomic E-state index is 6.10. The summed E-state index contributed by atoms with van der Waals surface area (Å²) in [6.45, 7) is 6.18.